The van der Waals surface area contributed by atoms with Crippen LogP contribution < -0.4 is 5.32 Å². The number of carbonyl (C=O) groups is 2. The number of anilines is 1. The van der Waals surface area contributed by atoms with Crippen molar-refractivity contribution < 1.29 is 23.5 Å². The number of nitrogens with zero attached hydrogens (tertiary/aromatic N) is 5. The Balaban J connectivity index is 1.52. The molecule has 0 atom stereocenters. The Hall–Kier alpha value is -3.28. The molecule has 4 heterocycles. The molecule has 0 aliphatic carbocycles. The number of aromatic nitrogens is 4. The Kier molecular flexibility index (Phi) is 6.93. The maximum absolute atomic E-state index is 15.7. The summed E-state index contributed by atoms with van der Waals surface area (Å²) in [4.78, 5) is 40.0. The molecule has 1 saturated heterocycles. The highest BCUT2D eigenvalue weighted by Gasteiger charge is 2.37. The molecule has 0 unspecified atom stereocenters. The molecule has 12 heteroatoms. The van der Waals surface area contributed by atoms with E-state index in [4.69, 9.17) is 9.47 Å². The highest BCUT2D eigenvalue weighted by atomic mass is 32.1. The fraction of sp³-hybridized carbons (Fsp3) is 0.522. The molecule has 3 aromatic rings. The smallest absolute Gasteiger partial charge is 0.410 e. The van der Waals surface area contributed by atoms with Gasteiger partial charge in [-0.25, -0.2) is 23.9 Å². The summed E-state index contributed by atoms with van der Waals surface area (Å²) in [5.41, 5.74) is 0.684. The van der Waals surface area contributed by atoms with E-state index in [1.54, 1.807) is 56.2 Å². The van der Waals surface area contributed by atoms with E-state index in [9.17, 15) is 9.59 Å². The molecule has 4 rings (SSSR count). The predicted molar refractivity (Wildman–Crippen MR) is 129 cm³/mol. The van der Waals surface area contributed by atoms with Gasteiger partial charge in [-0.3, -0.25) is 4.98 Å². The highest BCUT2D eigenvalue weighted by Crippen LogP contribution is 2.30. The van der Waals surface area contributed by atoms with Crippen molar-refractivity contribution in [3.05, 3.63) is 29.8 Å². The number of nitrogens with one attached hydrogen (secondary N) is 1. The number of halogens is 1. The second-order valence-electron chi connectivity index (χ2n) is 9.39. The van der Waals surface area contributed by atoms with Crippen molar-refractivity contribution in [2.24, 2.45) is 0 Å². The van der Waals surface area contributed by atoms with Gasteiger partial charge < -0.3 is 24.1 Å². The molecule has 1 aliphatic rings. The molecule has 0 aromatic carbocycles. The van der Waals surface area contributed by atoms with Gasteiger partial charge in [0.2, 0.25) is 0 Å². The predicted octanol–water partition coefficient (Wildman–Crippen LogP) is 4.18. The van der Waals surface area contributed by atoms with Crippen molar-refractivity contribution in [1.29, 1.82) is 0 Å². The lowest BCUT2D eigenvalue weighted by Gasteiger charge is -2.37. The zero-order valence-electron chi connectivity index (χ0n) is 20.2. The number of carbonyl (C=O) groups excluding carboxylic acids is 2. The summed E-state index contributed by atoms with van der Waals surface area (Å²) in [6, 6.07) is 0. The lowest BCUT2D eigenvalue weighted by Crippen LogP contribution is -2.48. The van der Waals surface area contributed by atoms with Crippen LogP contribution in [0, 0.1) is 0 Å². The van der Waals surface area contributed by atoms with Crippen molar-refractivity contribution >= 4 is 34.9 Å². The van der Waals surface area contributed by atoms with Gasteiger partial charge >= 0.3 is 12.1 Å². The SMILES string of the molecule is CCOC(=O)c1cn2cc(-c3cncs3)nc(NCC3(F)CCN(C(=O)OC(C)(C)C)CC3)c2n1. The zero-order valence-corrected chi connectivity index (χ0v) is 21.0. The first-order valence-corrected chi connectivity index (χ1v) is 12.3. The van der Waals surface area contributed by atoms with Gasteiger partial charge in [-0.05, 0) is 27.7 Å². The standard InChI is InChI=1S/C23H29FN6O4S/c1-5-33-20(31)16-12-30-11-15(17-10-25-14-35-17)27-18(19(30)28-16)26-13-23(24)6-8-29(9-7-23)21(32)34-22(2,3)4/h10-12,14H,5-9,13H2,1-4H3,(H,26,27). The Labute approximate surface area is 206 Å². The van der Waals surface area contributed by atoms with Gasteiger partial charge in [0, 0.05) is 44.5 Å². The van der Waals surface area contributed by atoms with Gasteiger partial charge in [-0.1, -0.05) is 0 Å². The molecule has 0 saturated carbocycles. The van der Waals surface area contributed by atoms with E-state index in [1.165, 1.54) is 16.2 Å². The molecular formula is C23H29FN6O4S. The van der Waals surface area contributed by atoms with Crippen molar-refractivity contribution in [2.45, 2.75) is 51.8 Å². The normalized spacial score (nSPS) is 15.7. The summed E-state index contributed by atoms with van der Waals surface area (Å²) in [6.45, 7) is 7.84. The van der Waals surface area contributed by atoms with E-state index in [0.717, 1.165) is 4.88 Å². The number of amides is 1. The van der Waals surface area contributed by atoms with Crippen LogP contribution in [0.4, 0.5) is 15.0 Å². The van der Waals surface area contributed by atoms with Crippen LogP contribution in [-0.4, -0.2) is 73.8 Å². The minimum atomic E-state index is -1.55. The van der Waals surface area contributed by atoms with Crippen molar-refractivity contribution in [1.82, 2.24) is 24.3 Å². The molecule has 0 radical (unpaired) electrons. The maximum Gasteiger partial charge on any atom is 0.410 e. The lowest BCUT2D eigenvalue weighted by atomic mass is 9.93. The van der Waals surface area contributed by atoms with E-state index in [-0.39, 0.29) is 44.8 Å². The molecule has 1 fully saturated rings. The lowest BCUT2D eigenvalue weighted by molar-refractivity contribution is 0.00572. The second-order valence-corrected chi connectivity index (χ2v) is 10.3. The highest BCUT2D eigenvalue weighted by molar-refractivity contribution is 7.13. The number of hydrogen-bond acceptors (Lipinski definition) is 9. The van der Waals surface area contributed by atoms with Crippen molar-refractivity contribution in [2.75, 3.05) is 31.6 Å². The van der Waals surface area contributed by atoms with Gasteiger partial charge in [0.15, 0.2) is 17.2 Å². The third-order valence-electron chi connectivity index (χ3n) is 5.49. The van der Waals surface area contributed by atoms with Crippen LogP contribution in [0.15, 0.2) is 24.1 Å². The minimum Gasteiger partial charge on any atom is -0.461 e. The first kappa shape index (κ1) is 24.8. The van der Waals surface area contributed by atoms with E-state index < -0.39 is 23.3 Å². The van der Waals surface area contributed by atoms with Crippen LogP contribution in [0.5, 0.6) is 0 Å². The first-order chi connectivity index (χ1) is 16.6. The number of rotatable bonds is 6. The van der Waals surface area contributed by atoms with E-state index in [2.05, 4.69) is 20.3 Å². The quantitative estimate of drug-likeness (QED) is 0.498. The molecule has 35 heavy (non-hydrogen) atoms. The molecule has 10 nitrogen and oxygen atoms in total. The minimum absolute atomic E-state index is 0.0223. The largest absolute Gasteiger partial charge is 0.461 e. The Morgan fingerprint density at radius 2 is 1.97 bits per heavy atom. The van der Waals surface area contributed by atoms with E-state index >= 15 is 4.39 Å². The summed E-state index contributed by atoms with van der Waals surface area (Å²) in [5, 5.41) is 3.09. The second kappa shape index (κ2) is 9.76. The van der Waals surface area contributed by atoms with E-state index in [1.807, 2.05) is 0 Å². The Bertz CT molecular complexity index is 1200. The first-order valence-electron chi connectivity index (χ1n) is 11.4. The van der Waals surface area contributed by atoms with Gasteiger partial charge in [-0.15, -0.1) is 11.3 Å². The van der Waals surface area contributed by atoms with Gasteiger partial charge in [0.25, 0.3) is 0 Å². The van der Waals surface area contributed by atoms with Gasteiger partial charge in [0.1, 0.15) is 17.0 Å². The van der Waals surface area contributed by atoms with E-state index in [0.29, 0.717) is 17.2 Å². The summed E-state index contributed by atoms with van der Waals surface area (Å²) >= 11 is 1.42. The molecule has 0 bridgehead atoms. The Morgan fingerprint density at radius 3 is 2.60 bits per heavy atom. The maximum atomic E-state index is 15.7. The Morgan fingerprint density at radius 1 is 1.23 bits per heavy atom. The number of ether oxygens (including phenoxy) is 2. The van der Waals surface area contributed by atoms with Crippen LogP contribution in [0.1, 0.15) is 51.0 Å². The van der Waals surface area contributed by atoms with Gasteiger partial charge in [-0.2, -0.15) is 0 Å². The average molecular weight is 505 g/mol. The fourth-order valence-electron chi connectivity index (χ4n) is 3.72. The van der Waals surface area contributed by atoms with Crippen LogP contribution in [-0.2, 0) is 9.47 Å². The van der Waals surface area contributed by atoms with Crippen molar-refractivity contribution in [3.8, 4) is 10.6 Å². The topological polar surface area (TPSA) is 111 Å². The molecule has 1 aliphatic heterocycles. The number of imidazole rings is 1. The van der Waals surface area contributed by atoms with Crippen LogP contribution >= 0.6 is 11.3 Å². The third kappa shape index (κ3) is 5.87. The number of likely N-dealkylation sites (tertiary alicyclic amines) is 1. The van der Waals surface area contributed by atoms with Crippen LogP contribution in [0.2, 0.25) is 0 Å². The monoisotopic (exact) mass is 504 g/mol. The summed E-state index contributed by atoms with van der Waals surface area (Å²) < 4.78 is 27.8. The zero-order chi connectivity index (χ0) is 25.2. The number of fused-ring (bicyclic) bond motifs is 1. The summed E-state index contributed by atoms with van der Waals surface area (Å²) in [5.74, 6) is -0.198. The molecular weight excluding hydrogens is 475 g/mol. The average Bonchev–Trinajstić information content (AvgIpc) is 3.47. The molecule has 3 aromatic heterocycles. The van der Waals surface area contributed by atoms with Crippen LogP contribution in [0.25, 0.3) is 16.2 Å². The number of thiazole rings is 1. The molecule has 0 spiro atoms. The number of piperidine rings is 1. The fourth-order valence-corrected chi connectivity index (χ4v) is 4.29. The van der Waals surface area contributed by atoms with Gasteiger partial charge in [0.05, 0.1) is 23.5 Å². The number of alkyl halides is 1. The molecule has 1 N–H and O–H groups in total. The molecule has 1 amide bonds. The number of hydrogen-bond donors (Lipinski definition) is 1. The summed E-state index contributed by atoms with van der Waals surface area (Å²) in [7, 11) is 0. The third-order valence-corrected chi connectivity index (χ3v) is 6.29. The molecule has 188 valence electrons. The number of esters is 1. The van der Waals surface area contributed by atoms with Crippen LogP contribution in [0.3, 0.4) is 0 Å². The van der Waals surface area contributed by atoms with Crippen molar-refractivity contribution in [3.63, 3.8) is 0 Å². The summed E-state index contributed by atoms with van der Waals surface area (Å²) in [6.07, 6.45) is 4.88.